The summed E-state index contributed by atoms with van der Waals surface area (Å²) < 4.78 is 5.45. The van der Waals surface area contributed by atoms with Gasteiger partial charge in [0.05, 0.1) is 11.5 Å². The second kappa shape index (κ2) is 9.62. The second-order valence-corrected chi connectivity index (χ2v) is 4.82. The fourth-order valence-electron chi connectivity index (χ4n) is 1.23. The first kappa shape index (κ1) is 15.4. The highest BCUT2D eigenvalue weighted by Gasteiger charge is 2.14. The minimum atomic E-state index is -0.204. The molecule has 0 radical (unpaired) electrons. The third-order valence-corrected chi connectivity index (χ3v) is 2.51. The fraction of sp³-hybridized carbons (Fsp3) is 0.923. The van der Waals surface area contributed by atoms with E-state index in [0.717, 1.165) is 45.6 Å². The summed E-state index contributed by atoms with van der Waals surface area (Å²) in [7, 11) is 0. The van der Waals surface area contributed by atoms with Gasteiger partial charge in [-0.2, -0.15) is 5.26 Å². The Morgan fingerprint density at radius 3 is 2.50 bits per heavy atom. The predicted octanol–water partition coefficient (Wildman–Crippen LogP) is 2.72. The Morgan fingerprint density at radius 2 is 1.88 bits per heavy atom. The van der Waals surface area contributed by atoms with Crippen molar-refractivity contribution in [1.29, 1.82) is 5.26 Å². The molecule has 0 aromatic heterocycles. The van der Waals surface area contributed by atoms with Crippen molar-refractivity contribution in [1.82, 2.24) is 5.32 Å². The number of nitriles is 1. The van der Waals surface area contributed by atoms with Gasteiger partial charge in [0, 0.05) is 13.2 Å². The lowest BCUT2D eigenvalue weighted by molar-refractivity contribution is 0.128. The van der Waals surface area contributed by atoms with Gasteiger partial charge in [-0.15, -0.1) is 0 Å². The van der Waals surface area contributed by atoms with Crippen molar-refractivity contribution >= 4 is 0 Å². The molecule has 3 nitrogen and oxygen atoms in total. The number of ether oxygens (including phenoxy) is 1. The summed E-state index contributed by atoms with van der Waals surface area (Å²) in [5.74, 6) is 0. The highest BCUT2D eigenvalue weighted by Crippen LogP contribution is 2.16. The molecule has 0 amide bonds. The molecule has 0 aliphatic rings. The molecule has 0 aromatic rings. The lowest BCUT2D eigenvalue weighted by Gasteiger charge is -2.14. The molecule has 16 heavy (non-hydrogen) atoms. The minimum Gasteiger partial charge on any atom is -0.381 e. The van der Waals surface area contributed by atoms with E-state index in [1.807, 2.05) is 13.8 Å². The Labute approximate surface area is 100 Å². The first-order chi connectivity index (χ1) is 7.62. The summed E-state index contributed by atoms with van der Waals surface area (Å²) in [5, 5.41) is 12.2. The van der Waals surface area contributed by atoms with E-state index < -0.39 is 0 Å². The van der Waals surface area contributed by atoms with E-state index >= 15 is 0 Å². The van der Waals surface area contributed by atoms with Gasteiger partial charge >= 0.3 is 0 Å². The molecule has 94 valence electrons. The highest BCUT2D eigenvalue weighted by molar-refractivity contribution is 4.91. The molecule has 1 N–H and O–H groups in total. The zero-order chi connectivity index (χ0) is 12.3. The van der Waals surface area contributed by atoms with E-state index in [0.29, 0.717) is 0 Å². The summed E-state index contributed by atoms with van der Waals surface area (Å²) in [5.41, 5.74) is -0.204. The van der Waals surface area contributed by atoms with Crippen LogP contribution < -0.4 is 5.32 Å². The van der Waals surface area contributed by atoms with Crippen molar-refractivity contribution < 1.29 is 4.74 Å². The van der Waals surface area contributed by atoms with Gasteiger partial charge in [0.25, 0.3) is 0 Å². The first-order valence-corrected chi connectivity index (χ1v) is 6.32. The number of hydrogen-bond donors (Lipinski definition) is 1. The molecule has 3 heteroatoms. The maximum absolute atomic E-state index is 8.82. The monoisotopic (exact) mass is 226 g/mol. The van der Waals surface area contributed by atoms with Gasteiger partial charge < -0.3 is 10.1 Å². The zero-order valence-corrected chi connectivity index (χ0v) is 11.0. The maximum Gasteiger partial charge on any atom is 0.0684 e. The normalized spacial score (nSPS) is 11.4. The Hall–Kier alpha value is -0.590. The van der Waals surface area contributed by atoms with Gasteiger partial charge in [-0.1, -0.05) is 13.3 Å². The van der Waals surface area contributed by atoms with Crippen LogP contribution in [0.15, 0.2) is 0 Å². The highest BCUT2D eigenvalue weighted by atomic mass is 16.5. The Bertz CT molecular complexity index is 197. The summed E-state index contributed by atoms with van der Waals surface area (Å²) in [6.07, 6.45) is 4.31. The largest absolute Gasteiger partial charge is 0.381 e. The maximum atomic E-state index is 8.82. The van der Waals surface area contributed by atoms with E-state index in [1.54, 1.807) is 0 Å². The van der Waals surface area contributed by atoms with Crippen LogP contribution in [0.2, 0.25) is 0 Å². The van der Waals surface area contributed by atoms with Crippen LogP contribution in [0.25, 0.3) is 0 Å². The van der Waals surface area contributed by atoms with Crippen LogP contribution >= 0.6 is 0 Å². The van der Waals surface area contributed by atoms with Crippen LogP contribution in [0.1, 0.15) is 46.5 Å². The summed E-state index contributed by atoms with van der Waals surface area (Å²) in [6.45, 7) is 9.74. The van der Waals surface area contributed by atoms with Gasteiger partial charge in [-0.05, 0) is 46.2 Å². The molecule has 0 atom stereocenters. The third-order valence-electron chi connectivity index (χ3n) is 2.51. The summed E-state index contributed by atoms with van der Waals surface area (Å²) >= 11 is 0. The lowest BCUT2D eigenvalue weighted by Crippen LogP contribution is -2.23. The molecular weight excluding hydrogens is 200 g/mol. The molecular formula is C13H26N2O. The molecule has 0 fully saturated rings. The molecule has 0 aliphatic carbocycles. The minimum absolute atomic E-state index is 0.204. The van der Waals surface area contributed by atoms with Crippen molar-refractivity contribution in [3.63, 3.8) is 0 Å². The molecule has 0 heterocycles. The van der Waals surface area contributed by atoms with Gasteiger partial charge in [0.15, 0.2) is 0 Å². The van der Waals surface area contributed by atoms with Crippen LogP contribution in [0.4, 0.5) is 0 Å². The van der Waals surface area contributed by atoms with E-state index in [1.165, 1.54) is 6.42 Å². The number of unbranched alkanes of at least 4 members (excludes halogenated alkanes) is 1. The van der Waals surface area contributed by atoms with Crippen LogP contribution in [-0.2, 0) is 4.74 Å². The quantitative estimate of drug-likeness (QED) is 0.583. The van der Waals surface area contributed by atoms with Crippen molar-refractivity contribution in [2.75, 3.05) is 26.3 Å². The van der Waals surface area contributed by atoms with Crippen molar-refractivity contribution in [3.05, 3.63) is 0 Å². The van der Waals surface area contributed by atoms with Crippen LogP contribution in [0.3, 0.4) is 0 Å². The van der Waals surface area contributed by atoms with Crippen LogP contribution in [-0.4, -0.2) is 26.3 Å². The van der Waals surface area contributed by atoms with Crippen LogP contribution in [0.5, 0.6) is 0 Å². The zero-order valence-electron chi connectivity index (χ0n) is 11.0. The van der Waals surface area contributed by atoms with E-state index in [9.17, 15) is 0 Å². The molecule has 0 saturated heterocycles. The lowest BCUT2D eigenvalue weighted by atomic mass is 9.91. The van der Waals surface area contributed by atoms with Crippen molar-refractivity contribution in [2.45, 2.75) is 46.5 Å². The fourth-order valence-corrected chi connectivity index (χ4v) is 1.23. The van der Waals surface area contributed by atoms with Gasteiger partial charge in [-0.25, -0.2) is 0 Å². The van der Waals surface area contributed by atoms with Gasteiger partial charge in [0.2, 0.25) is 0 Å². The van der Waals surface area contributed by atoms with Gasteiger partial charge in [0.1, 0.15) is 0 Å². The second-order valence-electron chi connectivity index (χ2n) is 4.82. The topological polar surface area (TPSA) is 45.0 Å². The van der Waals surface area contributed by atoms with Crippen molar-refractivity contribution in [3.8, 4) is 6.07 Å². The Balaban J connectivity index is 3.14. The predicted molar refractivity (Wildman–Crippen MR) is 67.2 cm³/mol. The Morgan fingerprint density at radius 1 is 1.19 bits per heavy atom. The molecule has 0 aromatic carbocycles. The van der Waals surface area contributed by atoms with E-state index in [4.69, 9.17) is 10.00 Å². The van der Waals surface area contributed by atoms with E-state index in [-0.39, 0.29) is 5.41 Å². The smallest absolute Gasteiger partial charge is 0.0684 e. The van der Waals surface area contributed by atoms with E-state index in [2.05, 4.69) is 18.3 Å². The number of nitrogens with zero attached hydrogens (tertiary/aromatic N) is 1. The number of nitrogens with one attached hydrogen (secondary N) is 1. The summed E-state index contributed by atoms with van der Waals surface area (Å²) in [6, 6.07) is 2.30. The Kier molecular flexibility index (Phi) is 9.27. The molecule has 0 bridgehead atoms. The molecule has 0 saturated carbocycles. The molecule has 0 aliphatic heterocycles. The number of rotatable bonds is 10. The first-order valence-electron chi connectivity index (χ1n) is 6.32. The standard InChI is InChI=1S/C13H26N2O/c1-4-5-10-16-11-6-8-15-9-7-13(2,3)12-14/h15H,4-11H2,1-3H3. The molecule has 0 rings (SSSR count). The molecule has 0 unspecified atom stereocenters. The SMILES string of the molecule is CCCCOCCCNCCC(C)(C)C#N. The molecule has 0 spiro atoms. The third kappa shape index (κ3) is 9.95. The van der Waals surface area contributed by atoms with Crippen molar-refractivity contribution in [2.24, 2.45) is 5.41 Å². The van der Waals surface area contributed by atoms with Gasteiger partial charge in [-0.3, -0.25) is 0 Å². The average Bonchev–Trinajstić information content (AvgIpc) is 2.27. The van der Waals surface area contributed by atoms with Crippen LogP contribution in [0, 0.1) is 16.7 Å². The average molecular weight is 226 g/mol. The summed E-state index contributed by atoms with van der Waals surface area (Å²) in [4.78, 5) is 0. The number of hydrogen-bond acceptors (Lipinski definition) is 3.